The van der Waals surface area contributed by atoms with Crippen LogP contribution >= 0.6 is 0 Å². The average molecular weight is 290 g/mol. The molecular weight excluding hydrogens is 260 g/mol. The second kappa shape index (κ2) is 6.20. The quantitative estimate of drug-likeness (QED) is 0.913. The molecule has 1 fully saturated rings. The Hall–Kier alpha value is -1.32. The van der Waals surface area contributed by atoms with Crippen molar-refractivity contribution in [2.24, 2.45) is 11.3 Å². The summed E-state index contributed by atoms with van der Waals surface area (Å²) in [4.78, 5) is 11.8. The molecule has 1 aromatic rings. The van der Waals surface area contributed by atoms with Gasteiger partial charge >= 0.3 is 0 Å². The third kappa shape index (κ3) is 3.86. The summed E-state index contributed by atoms with van der Waals surface area (Å²) in [5, 5.41) is 3.33. The Balaban J connectivity index is 2.23. The van der Waals surface area contributed by atoms with E-state index in [-0.39, 0.29) is 0 Å². The maximum absolute atomic E-state index is 4.79. The van der Waals surface area contributed by atoms with Crippen LogP contribution in [0.25, 0.3) is 0 Å². The molecule has 21 heavy (non-hydrogen) atoms. The van der Waals surface area contributed by atoms with Gasteiger partial charge in [0.05, 0.1) is 0 Å². The first-order chi connectivity index (χ1) is 9.81. The number of hydrogen-bond acceptors (Lipinski definition) is 4. The van der Waals surface area contributed by atoms with E-state index in [0.29, 0.717) is 11.3 Å². The van der Waals surface area contributed by atoms with Crippen molar-refractivity contribution in [2.45, 2.75) is 53.9 Å². The molecule has 0 bridgehead atoms. The molecule has 2 heterocycles. The Morgan fingerprint density at radius 3 is 2.57 bits per heavy atom. The van der Waals surface area contributed by atoms with Crippen molar-refractivity contribution in [1.29, 1.82) is 0 Å². The summed E-state index contributed by atoms with van der Waals surface area (Å²) in [7, 11) is 0. The van der Waals surface area contributed by atoms with Crippen LogP contribution in [0.5, 0.6) is 0 Å². The van der Waals surface area contributed by atoms with Crippen LogP contribution in [-0.2, 0) is 0 Å². The second-order valence-electron chi connectivity index (χ2n) is 7.45. The highest BCUT2D eigenvalue weighted by molar-refractivity contribution is 5.50. The Bertz CT molecular complexity index is 476. The van der Waals surface area contributed by atoms with Gasteiger partial charge in [0.1, 0.15) is 17.5 Å². The van der Waals surface area contributed by atoms with Crippen LogP contribution in [0.3, 0.4) is 0 Å². The minimum Gasteiger partial charge on any atom is -0.370 e. The van der Waals surface area contributed by atoms with Crippen LogP contribution in [0.1, 0.15) is 59.7 Å². The monoisotopic (exact) mass is 290 g/mol. The standard InChI is InChI=1S/C17H30N4/c1-7-18-14-10-15(20-16(19-14)12(2)3)21-9-8-13(11-21)17(4,5)6/h10,12-13H,7-9,11H2,1-6H3,(H,18,19,20). The Morgan fingerprint density at radius 1 is 1.33 bits per heavy atom. The molecule has 1 aliphatic heterocycles. The predicted molar refractivity (Wildman–Crippen MR) is 90.1 cm³/mol. The number of aromatic nitrogens is 2. The number of rotatable bonds is 4. The van der Waals surface area contributed by atoms with Crippen molar-refractivity contribution >= 4 is 11.6 Å². The van der Waals surface area contributed by atoms with E-state index >= 15 is 0 Å². The molecule has 1 unspecified atom stereocenters. The van der Waals surface area contributed by atoms with Gasteiger partial charge in [-0.25, -0.2) is 9.97 Å². The van der Waals surface area contributed by atoms with Crippen LogP contribution < -0.4 is 10.2 Å². The van der Waals surface area contributed by atoms with Crippen LogP contribution in [0.15, 0.2) is 6.07 Å². The largest absolute Gasteiger partial charge is 0.370 e. The van der Waals surface area contributed by atoms with E-state index in [1.54, 1.807) is 0 Å². The molecule has 1 aliphatic rings. The molecule has 0 amide bonds. The van der Waals surface area contributed by atoms with Gasteiger partial charge in [0.2, 0.25) is 0 Å². The van der Waals surface area contributed by atoms with Crippen LogP contribution in [-0.4, -0.2) is 29.6 Å². The number of nitrogens with one attached hydrogen (secondary N) is 1. The maximum atomic E-state index is 4.79. The third-order valence-corrected chi connectivity index (χ3v) is 4.34. The molecule has 0 aliphatic carbocycles. The zero-order valence-corrected chi connectivity index (χ0v) is 14.4. The first kappa shape index (κ1) is 16.1. The SMILES string of the molecule is CCNc1cc(N2CCC(C(C)(C)C)C2)nc(C(C)C)n1. The van der Waals surface area contributed by atoms with Gasteiger partial charge < -0.3 is 10.2 Å². The Kier molecular flexibility index (Phi) is 4.74. The highest BCUT2D eigenvalue weighted by Crippen LogP contribution is 2.35. The topological polar surface area (TPSA) is 41.0 Å². The third-order valence-electron chi connectivity index (χ3n) is 4.34. The smallest absolute Gasteiger partial charge is 0.135 e. The molecule has 4 heteroatoms. The summed E-state index contributed by atoms with van der Waals surface area (Å²) in [5.74, 6) is 4.05. The first-order valence-electron chi connectivity index (χ1n) is 8.19. The van der Waals surface area contributed by atoms with E-state index in [0.717, 1.165) is 43.0 Å². The van der Waals surface area contributed by atoms with Crippen molar-refractivity contribution in [3.05, 3.63) is 11.9 Å². The van der Waals surface area contributed by atoms with Crippen molar-refractivity contribution in [2.75, 3.05) is 29.9 Å². The zero-order valence-electron chi connectivity index (χ0n) is 14.4. The zero-order chi connectivity index (χ0) is 15.6. The summed E-state index contributed by atoms with van der Waals surface area (Å²) >= 11 is 0. The van der Waals surface area contributed by atoms with Gasteiger partial charge in [-0.15, -0.1) is 0 Å². The summed E-state index contributed by atoms with van der Waals surface area (Å²) in [6.45, 7) is 16.5. The van der Waals surface area contributed by atoms with Gasteiger partial charge in [0.15, 0.2) is 0 Å². The van der Waals surface area contributed by atoms with Gasteiger partial charge in [0, 0.05) is 31.6 Å². The summed E-state index contributed by atoms with van der Waals surface area (Å²) in [6, 6.07) is 2.10. The molecule has 0 aromatic carbocycles. The van der Waals surface area contributed by atoms with E-state index in [4.69, 9.17) is 4.98 Å². The molecule has 1 N–H and O–H groups in total. The van der Waals surface area contributed by atoms with Crippen molar-refractivity contribution in [1.82, 2.24) is 9.97 Å². The average Bonchev–Trinajstić information content (AvgIpc) is 2.88. The maximum Gasteiger partial charge on any atom is 0.135 e. The molecule has 0 saturated carbocycles. The minimum atomic E-state index is 0.350. The van der Waals surface area contributed by atoms with E-state index in [2.05, 4.69) is 62.8 Å². The summed E-state index contributed by atoms with van der Waals surface area (Å²) < 4.78 is 0. The Labute approximate surface area is 129 Å². The summed E-state index contributed by atoms with van der Waals surface area (Å²) in [6.07, 6.45) is 1.25. The molecule has 2 rings (SSSR count). The summed E-state index contributed by atoms with van der Waals surface area (Å²) in [5.41, 5.74) is 0.368. The van der Waals surface area contributed by atoms with Gasteiger partial charge in [-0.3, -0.25) is 0 Å². The van der Waals surface area contributed by atoms with Crippen LogP contribution in [0, 0.1) is 11.3 Å². The normalized spacial score (nSPS) is 19.4. The van der Waals surface area contributed by atoms with E-state index in [1.807, 2.05) is 0 Å². The molecule has 1 atom stereocenters. The molecule has 0 radical (unpaired) electrons. The van der Waals surface area contributed by atoms with Gasteiger partial charge in [-0.1, -0.05) is 34.6 Å². The van der Waals surface area contributed by atoms with Gasteiger partial charge in [-0.05, 0) is 24.7 Å². The molecule has 118 valence electrons. The lowest BCUT2D eigenvalue weighted by Gasteiger charge is -2.27. The lowest BCUT2D eigenvalue weighted by atomic mass is 9.80. The molecule has 1 saturated heterocycles. The number of hydrogen-bond donors (Lipinski definition) is 1. The van der Waals surface area contributed by atoms with E-state index in [1.165, 1.54) is 6.42 Å². The van der Waals surface area contributed by atoms with Crippen molar-refractivity contribution in [3.63, 3.8) is 0 Å². The van der Waals surface area contributed by atoms with Gasteiger partial charge in [-0.2, -0.15) is 0 Å². The lowest BCUT2D eigenvalue weighted by molar-refractivity contribution is 0.263. The predicted octanol–water partition coefficient (Wildman–Crippen LogP) is 3.90. The van der Waals surface area contributed by atoms with Gasteiger partial charge in [0.25, 0.3) is 0 Å². The van der Waals surface area contributed by atoms with E-state index < -0.39 is 0 Å². The highest BCUT2D eigenvalue weighted by atomic mass is 15.2. The first-order valence-corrected chi connectivity index (χ1v) is 8.19. The molecule has 4 nitrogen and oxygen atoms in total. The second-order valence-corrected chi connectivity index (χ2v) is 7.45. The molecular formula is C17H30N4. The molecule has 1 aromatic heterocycles. The highest BCUT2D eigenvalue weighted by Gasteiger charge is 2.32. The molecule has 0 spiro atoms. The Morgan fingerprint density at radius 2 is 2.05 bits per heavy atom. The van der Waals surface area contributed by atoms with Crippen LogP contribution in [0.2, 0.25) is 0 Å². The van der Waals surface area contributed by atoms with Crippen molar-refractivity contribution < 1.29 is 0 Å². The van der Waals surface area contributed by atoms with E-state index in [9.17, 15) is 0 Å². The number of nitrogens with zero attached hydrogens (tertiary/aromatic N) is 3. The fourth-order valence-corrected chi connectivity index (χ4v) is 2.82. The fraction of sp³-hybridized carbons (Fsp3) is 0.765. The minimum absolute atomic E-state index is 0.350. The lowest BCUT2D eigenvalue weighted by Crippen LogP contribution is -2.26. The fourth-order valence-electron chi connectivity index (χ4n) is 2.82. The van der Waals surface area contributed by atoms with Crippen molar-refractivity contribution in [3.8, 4) is 0 Å². The number of anilines is 2. The van der Waals surface area contributed by atoms with Crippen LogP contribution in [0.4, 0.5) is 11.6 Å².